The molecule has 2 aromatic carbocycles. The fourth-order valence-corrected chi connectivity index (χ4v) is 4.14. The molecule has 0 fully saturated rings. The summed E-state index contributed by atoms with van der Waals surface area (Å²) in [6.45, 7) is 1.79. The molecule has 1 amide bonds. The minimum absolute atomic E-state index is 0.123. The quantitative estimate of drug-likeness (QED) is 0.667. The van der Waals surface area contributed by atoms with Gasteiger partial charge in [0.05, 0.1) is 22.3 Å². The second kappa shape index (κ2) is 7.95. The van der Waals surface area contributed by atoms with Gasteiger partial charge in [0.1, 0.15) is 0 Å². The van der Waals surface area contributed by atoms with Crippen molar-refractivity contribution in [3.63, 3.8) is 0 Å². The number of hydrogen-bond acceptors (Lipinski definition) is 4. The summed E-state index contributed by atoms with van der Waals surface area (Å²) < 4.78 is 27.2. The lowest BCUT2D eigenvalue weighted by atomic mass is 10.1. The molecule has 3 rings (SSSR count). The first-order valence-corrected chi connectivity index (χ1v) is 10.2. The number of benzene rings is 2. The second-order valence-corrected chi connectivity index (χ2v) is 8.37. The monoisotopic (exact) mass is 398 g/mol. The van der Waals surface area contributed by atoms with Crippen LogP contribution in [0.5, 0.6) is 0 Å². The molecule has 0 aliphatic carbocycles. The standard InChI is InChI=1S/C20H22N4O3S/c1-14(18-13-19(23-22-18)15-7-5-4-6-8-15)24(3)28(26,27)17-11-9-16(10-12-17)20(25)21-2/h4-14H,1-3H3,(H,21,25)(H,22,23). The molecule has 1 unspecified atom stereocenters. The average Bonchev–Trinajstić information content (AvgIpc) is 3.23. The maximum absolute atomic E-state index is 13.0. The van der Waals surface area contributed by atoms with Gasteiger partial charge in [0.15, 0.2) is 0 Å². The van der Waals surface area contributed by atoms with Gasteiger partial charge >= 0.3 is 0 Å². The van der Waals surface area contributed by atoms with Crippen molar-refractivity contribution in [2.75, 3.05) is 14.1 Å². The molecule has 8 heteroatoms. The average molecular weight is 398 g/mol. The molecule has 7 nitrogen and oxygen atoms in total. The Balaban J connectivity index is 1.83. The lowest BCUT2D eigenvalue weighted by Gasteiger charge is -2.23. The Morgan fingerprint density at radius 1 is 1.11 bits per heavy atom. The summed E-state index contributed by atoms with van der Waals surface area (Å²) in [5, 5.41) is 9.73. The van der Waals surface area contributed by atoms with Gasteiger partial charge in [-0.05, 0) is 37.3 Å². The molecule has 1 heterocycles. The minimum Gasteiger partial charge on any atom is -0.355 e. The van der Waals surface area contributed by atoms with E-state index >= 15 is 0 Å². The van der Waals surface area contributed by atoms with Crippen LogP contribution < -0.4 is 5.32 Å². The summed E-state index contributed by atoms with van der Waals surface area (Å²) in [5.74, 6) is -0.267. The van der Waals surface area contributed by atoms with E-state index in [2.05, 4.69) is 15.5 Å². The van der Waals surface area contributed by atoms with Crippen molar-refractivity contribution < 1.29 is 13.2 Å². The topological polar surface area (TPSA) is 95.2 Å². The SMILES string of the molecule is CNC(=O)c1ccc(S(=O)(=O)N(C)C(C)c2cc(-c3ccccc3)n[nH]2)cc1. The van der Waals surface area contributed by atoms with Crippen LogP contribution in [0.1, 0.15) is 29.0 Å². The first-order chi connectivity index (χ1) is 13.3. The van der Waals surface area contributed by atoms with E-state index in [0.717, 1.165) is 11.3 Å². The summed E-state index contributed by atoms with van der Waals surface area (Å²) in [6, 6.07) is 16.9. The first kappa shape index (κ1) is 19.8. The van der Waals surface area contributed by atoms with Crippen molar-refractivity contribution in [1.29, 1.82) is 0 Å². The van der Waals surface area contributed by atoms with Crippen molar-refractivity contribution in [3.8, 4) is 11.3 Å². The zero-order valence-electron chi connectivity index (χ0n) is 15.9. The van der Waals surface area contributed by atoms with Gasteiger partial charge in [-0.25, -0.2) is 8.42 Å². The Morgan fingerprint density at radius 3 is 2.36 bits per heavy atom. The summed E-state index contributed by atoms with van der Waals surface area (Å²) in [7, 11) is -0.689. The summed E-state index contributed by atoms with van der Waals surface area (Å²) in [5.41, 5.74) is 2.79. The molecule has 0 spiro atoms. The van der Waals surface area contributed by atoms with Crippen LogP contribution in [0.25, 0.3) is 11.3 Å². The molecule has 146 valence electrons. The number of aromatic nitrogens is 2. The number of H-pyrrole nitrogens is 1. The molecule has 0 bridgehead atoms. The first-order valence-electron chi connectivity index (χ1n) is 8.75. The molecule has 2 N–H and O–H groups in total. The number of rotatable bonds is 6. The molecular formula is C20H22N4O3S. The van der Waals surface area contributed by atoms with Gasteiger partial charge < -0.3 is 5.32 Å². The summed E-state index contributed by atoms with van der Waals surface area (Å²) in [6.07, 6.45) is 0. The van der Waals surface area contributed by atoms with Crippen LogP contribution in [0.2, 0.25) is 0 Å². The van der Waals surface area contributed by atoms with Crippen LogP contribution in [0.3, 0.4) is 0 Å². The van der Waals surface area contributed by atoms with Crippen LogP contribution in [0.15, 0.2) is 65.6 Å². The zero-order valence-corrected chi connectivity index (χ0v) is 16.7. The van der Waals surface area contributed by atoms with E-state index in [-0.39, 0.29) is 10.8 Å². The zero-order chi connectivity index (χ0) is 20.3. The molecule has 0 radical (unpaired) electrons. The van der Waals surface area contributed by atoms with Crippen molar-refractivity contribution in [1.82, 2.24) is 19.8 Å². The van der Waals surface area contributed by atoms with E-state index in [1.54, 1.807) is 6.92 Å². The van der Waals surface area contributed by atoms with Gasteiger partial charge in [0.25, 0.3) is 5.91 Å². The summed E-state index contributed by atoms with van der Waals surface area (Å²) >= 11 is 0. The van der Waals surface area contributed by atoms with Crippen molar-refractivity contribution in [3.05, 3.63) is 71.9 Å². The van der Waals surface area contributed by atoms with E-state index in [1.165, 1.54) is 42.7 Å². The third-order valence-electron chi connectivity index (χ3n) is 4.68. The van der Waals surface area contributed by atoms with Gasteiger partial charge in [0.2, 0.25) is 10.0 Å². The number of hydrogen-bond donors (Lipinski definition) is 2. The highest BCUT2D eigenvalue weighted by atomic mass is 32.2. The Hall–Kier alpha value is -2.97. The largest absolute Gasteiger partial charge is 0.355 e. The van der Waals surface area contributed by atoms with Gasteiger partial charge in [0, 0.05) is 25.2 Å². The molecule has 0 aliphatic heterocycles. The van der Waals surface area contributed by atoms with E-state index in [0.29, 0.717) is 11.3 Å². The Morgan fingerprint density at radius 2 is 1.75 bits per heavy atom. The van der Waals surface area contributed by atoms with Crippen LogP contribution in [-0.4, -0.2) is 42.9 Å². The number of sulfonamides is 1. The number of carbonyl (C=O) groups is 1. The highest BCUT2D eigenvalue weighted by molar-refractivity contribution is 7.89. The third-order valence-corrected chi connectivity index (χ3v) is 6.63. The van der Waals surface area contributed by atoms with Gasteiger partial charge in [-0.2, -0.15) is 9.40 Å². The van der Waals surface area contributed by atoms with Crippen molar-refractivity contribution in [2.45, 2.75) is 17.9 Å². The van der Waals surface area contributed by atoms with Gasteiger partial charge in [-0.3, -0.25) is 9.89 Å². The van der Waals surface area contributed by atoms with E-state index in [4.69, 9.17) is 0 Å². The predicted molar refractivity (Wildman–Crippen MR) is 107 cm³/mol. The Labute approximate surface area is 164 Å². The van der Waals surface area contributed by atoms with Crippen molar-refractivity contribution >= 4 is 15.9 Å². The predicted octanol–water partition coefficient (Wildman–Crippen LogP) is 2.82. The lowest BCUT2D eigenvalue weighted by Crippen LogP contribution is -2.30. The number of nitrogens with one attached hydrogen (secondary N) is 2. The minimum atomic E-state index is -3.74. The van der Waals surface area contributed by atoms with Crippen LogP contribution in [0.4, 0.5) is 0 Å². The highest BCUT2D eigenvalue weighted by Crippen LogP contribution is 2.27. The molecule has 28 heavy (non-hydrogen) atoms. The lowest BCUT2D eigenvalue weighted by molar-refractivity contribution is 0.0963. The molecule has 0 saturated carbocycles. The summed E-state index contributed by atoms with van der Waals surface area (Å²) in [4.78, 5) is 11.8. The third kappa shape index (κ3) is 3.83. The molecule has 0 saturated heterocycles. The smallest absolute Gasteiger partial charge is 0.251 e. The Kier molecular flexibility index (Phi) is 5.62. The normalized spacial score (nSPS) is 12.7. The second-order valence-electron chi connectivity index (χ2n) is 6.38. The van der Waals surface area contributed by atoms with Gasteiger partial charge in [-0.1, -0.05) is 30.3 Å². The maximum Gasteiger partial charge on any atom is 0.251 e. The van der Waals surface area contributed by atoms with Crippen LogP contribution in [-0.2, 0) is 10.0 Å². The number of nitrogens with zero attached hydrogens (tertiary/aromatic N) is 2. The highest BCUT2D eigenvalue weighted by Gasteiger charge is 2.27. The molecule has 3 aromatic rings. The Bertz CT molecular complexity index is 1060. The fraction of sp³-hybridized carbons (Fsp3) is 0.200. The number of amides is 1. The molecule has 1 atom stereocenters. The van der Waals surface area contributed by atoms with Crippen molar-refractivity contribution in [2.24, 2.45) is 0 Å². The number of aromatic amines is 1. The molecule has 0 aliphatic rings. The van der Waals surface area contributed by atoms with Gasteiger partial charge in [-0.15, -0.1) is 0 Å². The van der Waals surface area contributed by atoms with E-state index in [1.807, 2.05) is 36.4 Å². The molecule has 1 aromatic heterocycles. The fourth-order valence-electron chi connectivity index (χ4n) is 2.80. The van der Waals surface area contributed by atoms with E-state index in [9.17, 15) is 13.2 Å². The maximum atomic E-state index is 13.0. The van der Waals surface area contributed by atoms with E-state index < -0.39 is 16.1 Å². The number of carbonyl (C=O) groups excluding carboxylic acids is 1. The molecular weight excluding hydrogens is 376 g/mol. The van der Waals surface area contributed by atoms with Crippen LogP contribution in [0, 0.1) is 0 Å². The van der Waals surface area contributed by atoms with Crippen LogP contribution >= 0.6 is 0 Å².